The Labute approximate surface area is 90.9 Å². The molecule has 0 aliphatic rings. The lowest BCUT2D eigenvalue weighted by Crippen LogP contribution is -1.96. The van der Waals surface area contributed by atoms with E-state index in [4.69, 9.17) is 10.2 Å². The highest BCUT2D eigenvalue weighted by atomic mass is 32.2. The first-order valence-electron chi connectivity index (χ1n) is 4.49. The van der Waals surface area contributed by atoms with Gasteiger partial charge in [0.25, 0.3) is 5.22 Å². The summed E-state index contributed by atoms with van der Waals surface area (Å²) in [6.07, 6.45) is 5.45. The van der Waals surface area contributed by atoms with E-state index in [1.165, 1.54) is 11.8 Å². The summed E-state index contributed by atoms with van der Waals surface area (Å²) in [4.78, 5) is 3.95. The molecule has 2 rings (SSSR count). The maximum atomic E-state index is 5.35. The topological polar surface area (TPSA) is 82.8 Å². The van der Waals surface area contributed by atoms with Gasteiger partial charge in [0.2, 0.25) is 5.89 Å². The van der Waals surface area contributed by atoms with Gasteiger partial charge in [0.1, 0.15) is 0 Å². The minimum Gasteiger partial charge on any atom is -0.415 e. The molecule has 15 heavy (non-hydrogen) atoms. The van der Waals surface area contributed by atoms with Crippen molar-refractivity contribution in [3.05, 3.63) is 24.6 Å². The first-order valence-corrected chi connectivity index (χ1v) is 5.48. The number of hydrogen-bond donors (Lipinski definition) is 1. The fourth-order valence-electron chi connectivity index (χ4n) is 1.04. The Morgan fingerprint density at radius 2 is 2.40 bits per heavy atom. The molecule has 2 aromatic rings. The second kappa shape index (κ2) is 4.94. The van der Waals surface area contributed by atoms with Gasteiger partial charge >= 0.3 is 0 Å². The lowest BCUT2D eigenvalue weighted by Gasteiger charge is -1.98. The van der Waals surface area contributed by atoms with Gasteiger partial charge in [-0.3, -0.25) is 0 Å². The second-order valence-corrected chi connectivity index (χ2v) is 3.86. The van der Waals surface area contributed by atoms with E-state index in [1.54, 1.807) is 12.5 Å². The first kappa shape index (κ1) is 10.2. The molecule has 2 N–H and O–H groups in total. The van der Waals surface area contributed by atoms with E-state index in [1.807, 2.05) is 10.8 Å². The Bertz CT molecular complexity index is 399. The van der Waals surface area contributed by atoms with Gasteiger partial charge < -0.3 is 14.7 Å². The van der Waals surface area contributed by atoms with Crippen molar-refractivity contribution in [1.29, 1.82) is 0 Å². The van der Waals surface area contributed by atoms with E-state index in [0.29, 0.717) is 11.1 Å². The molecule has 0 aliphatic heterocycles. The van der Waals surface area contributed by atoms with Crippen molar-refractivity contribution in [3.8, 4) is 0 Å². The molecular formula is C8H11N5OS. The van der Waals surface area contributed by atoms with Crippen LogP contribution in [0.1, 0.15) is 5.89 Å². The molecule has 0 aromatic carbocycles. The molecule has 80 valence electrons. The van der Waals surface area contributed by atoms with E-state index in [9.17, 15) is 0 Å². The van der Waals surface area contributed by atoms with Gasteiger partial charge in [0.15, 0.2) is 0 Å². The molecule has 0 unspecified atom stereocenters. The summed E-state index contributed by atoms with van der Waals surface area (Å²) in [5.74, 6) is 1.34. The largest absolute Gasteiger partial charge is 0.415 e. The Morgan fingerprint density at radius 3 is 3.07 bits per heavy atom. The van der Waals surface area contributed by atoms with Crippen molar-refractivity contribution in [2.45, 2.75) is 18.3 Å². The third kappa shape index (κ3) is 2.80. The predicted molar refractivity (Wildman–Crippen MR) is 55.1 cm³/mol. The van der Waals surface area contributed by atoms with Crippen LogP contribution in [0.3, 0.4) is 0 Å². The monoisotopic (exact) mass is 225 g/mol. The molecule has 0 saturated carbocycles. The summed E-state index contributed by atoms with van der Waals surface area (Å²) in [5.41, 5.74) is 5.35. The summed E-state index contributed by atoms with van der Waals surface area (Å²) in [5, 5.41) is 8.18. The second-order valence-electron chi connectivity index (χ2n) is 2.81. The van der Waals surface area contributed by atoms with Crippen molar-refractivity contribution in [2.24, 2.45) is 5.73 Å². The smallest absolute Gasteiger partial charge is 0.276 e. The minimum absolute atomic E-state index is 0.287. The fraction of sp³-hybridized carbons (Fsp3) is 0.375. The van der Waals surface area contributed by atoms with E-state index in [2.05, 4.69) is 15.2 Å². The van der Waals surface area contributed by atoms with Crippen LogP contribution >= 0.6 is 11.8 Å². The molecule has 0 fully saturated rings. The normalized spacial score (nSPS) is 10.7. The maximum absolute atomic E-state index is 5.35. The summed E-state index contributed by atoms with van der Waals surface area (Å²) in [7, 11) is 0. The van der Waals surface area contributed by atoms with Crippen LogP contribution in [-0.2, 0) is 13.1 Å². The van der Waals surface area contributed by atoms with Crippen LogP contribution in [0.2, 0.25) is 0 Å². The van der Waals surface area contributed by atoms with Crippen LogP contribution in [0.4, 0.5) is 0 Å². The zero-order valence-corrected chi connectivity index (χ0v) is 8.85. The van der Waals surface area contributed by atoms with Crippen LogP contribution < -0.4 is 5.73 Å². The Balaban J connectivity index is 1.78. The number of aromatic nitrogens is 4. The molecule has 2 aromatic heterocycles. The molecule has 0 bridgehead atoms. The number of nitrogens with two attached hydrogens (primary N) is 1. The lowest BCUT2D eigenvalue weighted by molar-refractivity contribution is 0.414. The molecule has 0 spiro atoms. The molecule has 6 nitrogen and oxygen atoms in total. The standard InChI is InChI=1S/C8H11N5OS/c9-5-7-11-12-8(14-7)15-4-3-13-2-1-10-6-13/h1-2,6H,3-5,9H2. The Hall–Kier alpha value is -1.34. The van der Waals surface area contributed by atoms with E-state index < -0.39 is 0 Å². The molecular weight excluding hydrogens is 214 g/mol. The van der Waals surface area contributed by atoms with Crippen molar-refractivity contribution in [1.82, 2.24) is 19.7 Å². The van der Waals surface area contributed by atoms with Crippen molar-refractivity contribution in [2.75, 3.05) is 5.75 Å². The molecule has 2 heterocycles. The number of thioether (sulfide) groups is 1. The van der Waals surface area contributed by atoms with Gasteiger partial charge in [0.05, 0.1) is 12.9 Å². The van der Waals surface area contributed by atoms with Crippen LogP contribution in [0, 0.1) is 0 Å². The van der Waals surface area contributed by atoms with Gasteiger partial charge in [-0.1, -0.05) is 11.8 Å². The number of aryl methyl sites for hydroxylation is 1. The molecule has 0 radical (unpaired) electrons. The number of hydrogen-bond acceptors (Lipinski definition) is 6. The third-order valence-electron chi connectivity index (χ3n) is 1.76. The average Bonchev–Trinajstić information content (AvgIpc) is 2.88. The van der Waals surface area contributed by atoms with E-state index >= 15 is 0 Å². The minimum atomic E-state index is 0.287. The highest BCUT2D eigenvalue weighted by Crippen LogP contribution is 2.15. The fourth-order valence-corrected chi connectivity index (χ4v) is 1.77. The van der Waals surface area contributed by atoms with Gasteiger partial charge in [0, 0.05) is 24.7 Å². The highest BCUT2D eigenvalue weighted by molar-refractivity contribution is 7.99. The first-order chi connectivity index (χ1) is 7.38. The van der Waals surface area contributed by atoms with Crippen molar-refractivity contribution < 1.29 is 4.42 Å². The predicted octanol–water partition coefficient (Wildman–Crippen LogP) is 0.517. The zero-order valence-electron chi connectivity index (χ0n) is 8.04. The number of imidazole rings is 1. The number of nitrogens with zero attached hydrogens (tertiary/aromatic N) is 4. The lowest BCUT2D eigenvalue weighted by atomic mass is 10.7. The van der Waals surface area contributed by atoms with E-state index in [0.717, 1.165) is 12.3 Å². The van der Waals surface area contributed by atoms with Gasteiger partial charge in [-0.05, 0) is 0 Å². The summed E-state index contributed by atoms with van der Waals surface area (Å²) in [6, 6.07) is 0. The third-order valence-corrected chi connectivity index (χ3v) is 2.56. The summed E-state index contributed by atoms with van der Waals surface area (Å²) in [6.45, 7) is 1.15. The van der Waals surface area contributed by atoms with Crippen LogP contribution in [0.25, 0.3) is 0 Å². The molecule has 0 atom stereocenters. The van der Waals surface area contributed by atoms with E-state index in [-0.39, 0.29) is 6.54 Å². The van der Waals surface area contributed by atoms with Crippen LogP contribution in [-0.4, -0.2) is 25.5 Å². The van der Waals surface area contributed by atoms with Gasteiger partial charge in [-0.2, -0.15) is 0 Å². The zero-order chi connectivity index (χ0) is 10.5. The quantitative estimate of drug-likeness (QED) is 0.747. The molecule has 7 heteroatoms. The molecule has 0 amide bonds. The van der Waals surface area contributed by atoms with Crippen molar-refractivity contribution in [3.63, 3.8) is 0 Å². The average molecular weight is 225 g/mol. The summed E-state index contributed by atoms with van der Waals surface area (Å²) < 4.78 is 7.24. The summed E-state index contributed by atoms with van der Waals surface area (Å²) >= 11 is 1.51. The van der Waals surface area contributed by atoms with Crippen LogP contribution in [0.5, 0.6) is 0 Å². The van der Waals surface area contributed by atoms with Gasteiger partial charge in [-0.25, -0.2) is 4.98 Å². The van der Waals surface area contributed by atoms with Crippen LogP contribution in [0.15, 0.2) is 28.4 Å². The van der Waals surface area contributed by atoms with Gasteiger partial charge in [-0.15, -0.1) is 10.2 Å². The molecule has 0 saturated heterocycles. The SMILES string of the molecule is NCc1nnc(SCCn2ccnc2)o1. The number of rotatable bonds is 5. The Morgan fingerprint density at radius 1 is 1.47 bits per heavy atom. The van der Waals surface area contributed by atoms with Crippen molar-refractivity contribution >= 4 is 11.8 Å². The maximum Gasteiger partial charge on any atom is 0.276 e. The molecule has 0 aliphatic carbocycles. The Kier molecular flexibility index (Phi) is 3.36. The highest BCUT2D eigenvalue weighted by Gasteiger charge is 2.04.